The van der Waals surface area contributed by atoms with Gasteiger partial charge in [0.2, 0.25) is 0 Å². The van der Waals surface area contributed by atoms with Crippen LogP contribution in [-0.4, -0.2) is 13.1 Å². The summed E-state index contributed by atoms with van der Waals surface area (Å²) < 4.78 is 12.6. The molecular weight excluding hydrogens is 177 g/mol. The van der Waals surface area contributed by atoms with Crippen LogP contribution in [0.1, 0.15) is 25.3 Å². The van der Waals surface area contributed by atoms with Crippen molar-refractivity contribution in [1.82, 2.24) is 5.32 Å². The van der Waals surface area contributed by atoms with Gasteiger partial charge in [0.05, 0.1) is 0 Å². The molecule has 0 saturated carbocycles. The number of hydrogen-bond acceptors (Lipinski definition) is 1. The third kappa shape index (κ3) is 4.38. The van der Waals surface area contributed by atoms with Gasteiger partial charge in [-0.25, -0.2) is 4.39 Å². The monoisotopic (exact) mass is 195 g/mol. The first kappa shape index (κ1) is 11.2. The number of hydrogen-bond donors (Lipinski definition) is 1. The third-order valence-electron chi connectivity index (χ3n) is 2.23. The van der Waals surface area contributed by atoms with Gasteiger partial charge in [-0.3, -0.25) is 0 Å². The van der Waals surface area contributed by atoms with Gasteiger partial charge in [0, 0.05) is 0 Å². The Morgan fingerprint density at radius 2 is 1.86 bits per heavy atom. The molecule has 0 radical (unpaired) electrons. The van der Waals surface area contributed by atoms with Crippen LogP contribution in [-0.2, 0) is 6.42 Å². The molecule has 1 nitrogen and oxygen atoms in total. The molecule has 1 N–H and O–H groups in total. The van der Waals surface area contributed by atoms with Crippen LogP contribution >= 0.6 is 0 Å². The van der Waals surface area contributed by atoms with E-state index in [0.717, 1.165) is 19.5 Å². The molecule has 1 rings (SSSR count). The summed E-state index contributed by atoms with van der Waals surface area (Å²) in [5, 5.41) is 3.28. The number of halogens is 1. The zero-order valence-corrected chi connectivity index (χ0v) is 8.72. The first-order valence-corrected chi connectivity index (χ1v) is 5.28. The van der Waals surface area contributed by atoms with Crippen molar-refractivity contribution < 1.29 is 4.39 Å². The molecule has 2 heteroatoms. The molecule has 0 amide bonds. The summed E-state index contributed by atoms with van der Waals surface area (Å²) in [6.07, 6.45) is 3.40. The zero-order valence-electron chi connectivity index (χ0n) is 8.72. The summed E-state index contributed by atoms with van der Waals surface area (Å²) in [7, 11) is 0. The summed E-state index contributed by atoms with van der Waals surface area (Å²) in [5.41, 5.74) is 1.22. The summed E-state index contributed by atoms with van der Waals surface area (Å²) in [6.45, 7) is 4.23. The standard InChI is InChI=1S/C12H18FN/c1-2-14-10-4-3-5-11-6-8-12(13)9-7-11/h6-9,14H,2-5,10H2,1H3. The van der Waals surface area contributed by atoms with Crippen LogP contribution in [0.5, 0.6) is 0 Å². The lowest BCUT2D eigenvalue weighted by Crippen LogP contribution is -2.13. The Balaban J connectivity index is 2.15. The van der Waals surface area contributed by atoms with Gasteiger partial charge in [-0.1, -0.05) is 19.1 Å². The summed E-state index contributed by atoms with van der Waals surface area (Å²) >= 11 is 0. The minimum Gasteiger partial charge on any atom is -0.317 e. The Morgan fingerprint density at radius 3 is 2.50 bits per heavy atom. The van der Waals surface area contributed by atoms with E-state index in [0.29, 0.717) is 0 Å². The molecule has 0 aliphatic rings. The summed E-state index contributed by atoms with van der Waals surface area (Å²) in [6, 6.07) is 6.78. The Bertz CT molecular complexity index is 243. The predicted octanol–water partition coefficient (Wildman–Crippen LogP) is 2.76. The predicted molar refractivity (Wildman–Crippen MR) is 57.9 cm³/mol. The molecule has 0 aromatic heterocycles. The fourth-order valence-corrected chi connectivity index (χ4v) is 1.41. The second-order valence-electron chi connectivity index (χ2n) is 3.44. The molecule has 78 valence electrons. The van der Waals surface area contributed by atoms with Crippen molar-refractivity contribution in [2.24, 2.45) is 0 Å². The topological polar surface area (TPSA) is 12.0 Å². The fraction of sp³-hybridized carbons (Fsp3) is 0.500. The normalized spacial score (nSPS) is 10.4. The maximum absolute atomic E-state index is 12.6. The quantitative estimate of drug-likeness (QED) is 0.688. The van der Waals surface area contributed by atoms with Gasteiger partial charge in [-0.05, 0) is 50.0 Å². The van der Waals surface area contributed by atoms with Gasteiger partial charge in [0.15, 0.2) is 0 Å². The van der Waals surface area contributed by atoms with Crippen LogP contribution < -0.4 is 5.32 Å². The van der Waals surface area contributed by atoms with Crippen LogP contribution in [0, 0.1) is 5.82 Å². The molecule has 0 unspecified atom stereocenters. The van der Waals surface area contributed by atoms with E-state index in [9.17, 15) is 4.39 Å². The van der Waals surface area contributed by atoms with E-state index in [1.165, 1.54) is 30.5 Å². The largest absolute Gasteiger partial charge is 0.317 e. The Hall–Kier alpha value is -0.890. The highest BCUT2D eigenvalue weighted by molar-refractivity contribution is 5.15. The van der Waals surface area contributed by atoms with Crippen molar-refractivity contribution in [3.8, 4) is 0 Å². The first-order valence-electron chi connectivity index (χ1n) is 5.28. The van der Waals surface area contributed by atoms with Crippen molar-refractivity contribution in [3.05, 3.63) is 35.6 Å². The Morgan fingerprint density at radius 1 is 1.14 bits per heavy atom. The van der Waals surface area contributed by atoms with Gasteiger partial charge in [-0.2, -0.15) is 0 Å². The van der Waals surface area contributed by atoms with E-state index >= 15 is 0 Å². The lowest BCUT2D eigenvalue weighted by atomic mass is 10.1. The molecule has 0 spiro atoms. The molecule has 0 saturated heterocycles. The number of aryl methyl sites for hydroxylation is 1. The average molecular weight is 195 g/mol. The summed E-state index contributed by atoms with van der Waals surface area (Å²) in [4.78, 5) is 0. The smallest absolute Gasteiger partial charge is 0.123 e. The van der Waals surface area contributed by atoms with Crippen LogP contribution in [0.25, 0.3) is 0 Å². The maximum Gasteiger partial charge on any atom is 0.123 e. The van der Waals surface area contributed by atoms with Crippen molar-refractivity contribution in [1.29, 1.82) is 0 Å². The minimum atomic E-state index is -0.151. The zero-order chi connectivity index (χ0) is 10.2. The molecule has 0 aliphatic carbocycles. The highest BCUT2D eigenvalue weighted by Crippen LogP contribution is 2.06. The second kappa shape index (κ2) is 6.55. The molecule has 0 aliphatic heterocycles. The van der Waals surface area contributed by atoms with Gasteiger partial charge in [0.1, 0.15) is 5.82 Å². The van der Waals surface area contributed by atoms with Crippen molar-refractivity contribution in [2.75, 3.05) is 13.1 Å². The number of benzene rings is 1. The van der Waals surface area contributed by atoms with Crippen molar-refractivity contribution >= 4 is 0 Å². The van der Waals surface area contributed by atoms with Gasteiger partial charge in [-0.15, -0.1) is 0 Å². The Kier molecular flexibility index (Phi) is 5.23. The van der Waals surface area contributed by atoms with E-state index in [1.807, 2.05) is 12.1 Å². The molecule has 0 atom stereocenters. The third-order valence-corrected chi connectivity index (χ3v) is 2.23. The molecule has 1 aromatic rings. The van der Waals surface area contributed by atoms with E-state index in [2.05, 4.69) is 12.2 Å². The van der Waals surface area contributed by atoms with E-state index < -0.39 is 0 Å². The van der Waals surface area contributed by atoms with Crippen LogP contribution in [0.2, 0.25) is 0 Å². The van der Waals surface area contributed by atoms with E-state index in [1.54, 1.807) is 0 Å². The number of unbranched alkanes of at least 4 members (excludes halogenated alkanes) is 1. The van der Waals surface area contributed by atoms with Gasteiger partial charge >= 0.3 is 0 Å². The average Bonchev–Trinajstić information content (AvgIpc) is 2.21. The van der Waals surface area contributed by atoms with Crippen molar-refractivity contribution in [2.45, 2.75) is 26.2 Å². The molecule has 0 heterocycles. The molecule has 14 heavy (non-hydrogen) atoms. The van der Waals surface area contributed by atoms with Crippen molar-refractivity contribution in [3.63, 3.8) is 0 Å². The Labute approximate surface area is 85.3 Å². The lowest BCUT2D eigenvalue weighted by molar-refractivity contribution is 0.623. The highest BCUT2D eigenvalue weighted by atomic mass is 19.1. The van der Waals surface area contributed by atoms with E-state index in [-0.39, 0.29) is 5.82 Å². The molecular formula is C12H18FN. The minimum absolute atomic E-state index is 0.151. The van der Waals surface area contributed by atoms with Crippen LogP contribution in [0.15, 0.2) is 24.3 Å². The maximum atomic E-state index is 12.6. The molecule has 1 aromatic carbocycles. The molecule has 0 bridgehead atoms. The number of rotatable bonds is 6. The number of nitrogens with one attached hydrogen (secondary N) is 1. The summed E-state index contributed by atoms with van der Waals surface area (Å²) in [5.74, 6) is -0.151. The SMILES string of the molecule is CCNCCCCc1ccc(F)cc1. The van der Waals surface area contributed by atoms with Gasteiger partial charge < -0.3 is 5.32 Å². The van der Waals surface area contributed by atoms with Crippen LogP contribution in [0.4, 0.5) is 4.39 Å². The van der Waals surface area contributed by atoms with Gasteiger partial charge in [0.25, 0.3) is 0 Å². The highest BCUT2D eigenvalue weighted by Gasteiger charge is 1.93. The lowest BCUT2D eigenvalue weighted by Gasteiger charge is -2.02. The van der Waals surface area contributed by atoms with Crippen LogP contribution in [0.3, 0.4) is 0 Å². The fourth-order valence-electron chi connectivity index (χ4n) is 1.41. The first-order chi connectivity index (χ1) is 6.83. The second-order valence-corrected chi connectivity index (χ2v) is 3.44. The molecule has 0 fully saturated rings. The van der Waals surface area contributed by atoms with E-state index in [4.69, 9.17) is 0 Å².